The van der Waals surface area contributed by atoms with Crippen molar-refractivity contribution in [3.8, 4) is 23.3 Å². The van der Waals surface area contributed by atoms with Gasteiger partial charge in [0.05, 0.1) is 0 Å². The van der Waals surface area contributed by atoms with E-state index in [0.717, 1.165) is 44.5 Å². The van der Waals surface area contributed by atoms with Crippen LogP contribution in [-0.4, -0.2) is 19.6 Å². The van der Waals surface area contributed by atoms with Gasteiger partial charge in [0.2, 0.25) is 11.8 Å². The zero-order chi connectivity index (χ0) is 21.9. The zero-order valence-electron chi connectivity index (χ0n) is 18.5. The molecule has 0 fully saturated rings. The van der Waals surface area contributed by atoms with E-state index in [2.05, 4.69) is 10.2 Å². The van der Waals surface area contributed by atoms with Gasteiger partial charge >= 0.3 is 0 Å². The van der Waals surface area contributed by atoms with Crippen LogP contribution in [0.4, 0.5) is 0 Å². The normalized spacial score (nSPS) is 11.5. The molecule has 0 aliphatic carbocycles. The first-order valence-electron chi connectivity index (χ1n) is 10.1. The number of ether oxygens (including phenoxy) is 2. The molecule has 0 unspecified atom stereocenters. The Morgan fingerprint density at radius 2 is 1.10 bits per heavy atom. The van der Waals surface area contributed by atoms with Crippen LogP contribution in [0, 0.1) is 27.7 Å². The Hall–Kier alpha value is -3.74. The smallest absolute Gasteiger partial charge is 0.241 e. The summed E-state index contributed by atoms with van der Waals surface area (Å²) in [5.41, 5.74) is 5.78. The van der Waals surface area contributed by atoms with E-state index in [0.29, 0.717) is 23.3 Å². The van der Waals surface area contributed by atoms with Gasteiger partial charge in [0.1, 0.15) is 22.7 Å². The van der Waals surface area contributed by atoms with Gasteiger partial charge in [0.15, 0.2) is 0 Å². The lowest BCUT2D eigenvalue weighted by Gasteiger charge is -2.04. The predicted molar refractivity (Wildman–Crippen MR) is 119 cm³/mol. The molecule has 0 aliphatic heterocycles. The summed E-state index contributed by atoms with van der Waals surface area (Å²) < 4.78 is 21.8. The van der Waals surface area contributed by atoms with E-state index in [-0.39, 0.29) is 0 Å². The molecule has 0 saturated carbocycles. The number of nitrogens with zero attached hydrogens (tertiary/aromatic N) is 4. The van der Waals surface area contributed by atoms with Crippen LogP contribution in [-0.2, 0) is 14.1 Å². The van der Waals surface area contributed by atoms with Crippen LogP contribution in [0.2, 0.25) is 0 Å². The number of aryl methyl sites for hydroxylation is 2. The van der Waals surface area contributed by atoms with Crippen molar-refractivity contribution < 1.29 is 13.9 Å². The average molecular weight is 416 g/mol. The maximum absolute atomic E-state index is 6.08. The van der Waals surface area contributed by atoms with E-state index in [4.69, 9.17) is 13.9 Å². The second kappa shape index (κ2) is 6.91. The molecule has 3 aromatic heterocycles. The second-order valence-electron chi connectivity index (χ2n) is 7.90. The number of hydrogen-bond acceptors (Lipinski definition) is 5. The van der Waals surface area contributed by atoms with Gasteiger partial charge in [0, 0.05) is 47.4 Å². The number of aromatic nitrogens is 4. The summed E-state index contributed by atoms with van der Waals surface area (Å²) in [7, 11) is 3.82. The topological polar surface area (TPSA) is 67.2 Å². The van der Waals surface area contributed by atoms with Crippen LogP contribution >= 0.6 is 0 Å². The molecule has 158 valence electrons. The van der Waals surface area contributed by atoms with Crippen molar-refractivity contribution >= 4 is 21.9 Å². The van der Waals surface area contributed by atoms with Crippen LogP contribution in [0.1, 0.15) is 22.5 Å². The SMILES string of the molecule is Cc1c(Oc2ccc3oc4ccc(Oc5nn(C)c(C)c5C)cc4c3c2)nn(C)c1C. The van der Waals surface area contributed by atoms with Gasteiger partial charge in [-0.1, -0.05) is 0 Å². The van der Waals surface area contributed by atoms with Gasteiger partial charge in [0.25, 0.3) is 0 Å². The second-order valence-corrected chi connectivity index (χ2v) is 7.90. The Morgan fingerprint density at radius 3 is 1.45 bits per heavy atom. The molecule has 0 atom stereocenters. The lowest BCUT2D eigenvalue weighted by molar-refractivity contribution is 0.451. The summed E-state index contributed by atoms with van der Waals surface area (Å²) in [5, 5.41) is 10.8. The fourth-order valence-corrected chi connectivity index (χ4v) is 3.65. The predicted octanol–water partition coefficient (Wildman–Crippen LogP) is 5.87. The Morgan fingerprint density at radius 1 is 0.677 bits per heavy atom. The highest BCUT2D eigenvalue weighted by atomic mass is 16.5. The lowest BCUT2D eigenvalue weighted by Crippen LogP contribution is -1.93. The fourth-order valence-electron chi connectivity index (χ4n) is 3.65. The molecule has 0 bridgehead atoms. The molecule has 7 heteroatoms. The summed E-state index contributed by atoms with van der Waals surface area (Å²) in [6, 6.07) is 11.6. The zero-order valence-corrected chi connectivity index (χ0v) is 18.5. The minimum atomic E-state index is 0.608. The van der Waals surface area contributed by atoms with E-state index in [1.807, 2.05) is 87.6 Å². The molecule has 0 saturated heterocycles. The van der Waals surface area contributed by atoms with Gasteiger partial charge in [-0.05, 0) is 64.1 Å². The molecule has 2 aromatic carbocycles. The Bertz CT molecular complexity index is 1350. The third-order valence-corrected chi connectivity index (χ3v) is 6.02. The standard InChI is InChI=1S/C24H24N4O3/c1-13-15(3)27(5)25-23(13)29-17-7-9-21-19(11-17)20-12-18(8-10-22(20)31-21)30-24-14(2)16(4)28(6)26-24/h7-12H,1-6H3. The number of hydrogen-bond donors (Lipinski definition) is 0. The first-order chi connectivity index (χ1) is 14.8. The molecular formula is C24H24N4O3. The lowest BCUT2D eigenvalue weighted by atomic mass is 10.1. The minimum absolute atomic E-state index is 0.608. The molecule has 3 heterocycles. The third-order valence-electron chi connectivity index (χ3n) is 6.02. The van der Waals surface area contributed by atoms with Gasteiger partial charge in [-0.15, -0.1) is 10.2 Å². The molecule has 5 rings (SSSR count). The molecule has 7 nitrogen and oxygen atoms in total. The van der Waals surface area contributed by atoms with Crippen molar-refractivity contribution in [2.75, 3.05) is 0 Å². The van der Waals surface area contributed by atoms with Crippen molar-refractivity contribution in [1.82, 2.24) is 19.6 Å². The largest absolute Gasteiger partial charge is 0.456 e. The Labute approximate surface area is 179 Å². The summed E-state index contributed by atoms with van der Waals surface area (Å²) in [4.78, 5) is 0. The highest BCUT2D eigenvalue weighted by Gasteiger charge is 2.15. The first-order valence-corrected chi connectivity index (χ1v) is 10.1. The summed E-state index contributed by atoms with van der Waals surface area (Å²) >= 11 is 0. The Kier molecular flexibility index (Phi) is 4.28. The fraction of sp³-hybridized carbons (Fsp3) is 0.250. The van der Waals surface area contributed by atoms with Crippen LogP contribution < -0.4 is 9.47 Å². The summed E-state index contributed by atoms with van der Waals surface area (Å²) in [5.74, 6) is 2.63. The maximum Gasteiger partial charge on any atom is 0.241 e. The highest BCUT2D eigenvalue weighted by molar-refractivity contribution is 6.05. The molecule has 5 aromatic rings. The van der Waals surface area contributed by atoms with E-state index in [1.165, 1.54) is 0 Å². The van der Waals surface area contributed by atoms with E-state index >= 15 is 0 Å². The third kappa shape index (κ3) is 3.13. The Balaban J connectivity index is 1.53. The maximum atomic E-state index is 6.08. The first kappa shape index (κ1) is 19.2. The molecule has 0 aliphatic rings. The quantitative estimate of drug-likeness (QED) is 0.366. The van der Waals surface area contributed by atoms with Gasteiger partial charge in [-0.2, -0.15) is 0 Å². The number of benzene rings is 2. The van der Waals surface area contributed by atoms with E-state index < -0.39 is 0 Å². The van der Waals surface area contributed by atoms with Gasteiger partial charge in [-0.3, -0.25) is 9.36 Å². The van der Waals surface area contributed by atoms with Crippen molar-refractivity contribution in [1.29, 1.82) is 0 Å². The molecule has 31 heavy (non-hydrogen) atoms. The number of fused-ring (bicyclic) bond motifs is 3. The average Bonchev–Trinajstić information content (AvgIpc) is 3.32. The summed E-state index contributed by atoms with van der Waals surface area (Å²) in [6.45, 7) is 8.06. The molecular weight excluding hydrogens is 392 g/mol. The number of furan rings is 1. The van der Waals surface area contributed by atoms with Gasteiger partial charge < -0.3 is 13.9 Å². The van der Waals surface area contributed by atoms with Crippen LogP contribution in [0.3, 0.4) is 0 Å². The van der Waals surface area contributed by atoms with Crippen molar-refractivity contribution in [3.63, 3.8) is 0 Å². The minimum Gasteiger partial charge on any atom is -0.456 e. The highest BCUT2D eigenvalue weighted by Crippen LogP contribution is 2.36. The van der Waals surface area contributed by atoms with Crippen LogP contribution in [0.5, 0.6) is 23.3 Å². The summed E-state index contributed by atoms with van der Waals surface area (Å²) in [6.07, 6.45) is 0. The number of rotatable bonds is 4. The van der Waals surface area contributed by atoms with Crippen LogP contribution in [0.25, 0.3) is 21.9 Å². The van der Waals surface area contributed by atoms with Crippen LogP contribution in [0.15, 0.2) is 40.8 Å². The molecule has 0 radical (unpaired) electrons. The monoisotopic (exact) mass is 416 g/mol. The molecule has 0 N–H and O–H groups in total. The van der Waals surface area contributed by atoms with Crippen molar-refractivity contribution in [2.24, 2.45) is 14.1 Å². The molecule has 0 spiro atoms. The van der Waals surface area contributed by atoms with E-state index in [9.17, 15) is 0 Å². The van der Waals surface area contributed by atoms with Crippen molar-refractivity contribution in [2.45, 2.75) is 27.7 Å². The van der Waals surface area contributed by atoms with Gasteiger partial charge in [-0.25, -0.2) is 0 Å². The molecule has 0 amide bonds. The van der Waals surface area contributed by atoms with E-state index in [1.54, 1.807) is 0 Å². The van der Waals surface area contributed by atoms with Crippen molar-refractivity contribution in [3.05, 3.63) is 58.9 Å².